The third-order valence-electron chi connectivity index (χ3n) is 5.12. The minimum atomic E-state index is -0.394. The van der Waals surface area contributed by atoms with E-state index >= 15 is 0 Å². The van der Waals surface area contributed by atoms with Crippen molar-refractivity contribution >= 4 is 45.0 Å². The van der Waals surface area contributed by atoms with E-state index in [4.69, 9.17) is 9.47 Å². The van der Waals surface area contributed by atoms with Gasteiger partial charge in [0.25, 0.3) is 11.5 Å². The van der Waals surface area contributed by atoms with Crippen LogP contribution in [0.5, 0.6) is 11.5 Å². The number of aromatic nitrogens is 2. The second kappa shape index (κ2) is 8.95. The molecular weight excluding hydrogens is 457 g/mol. The van der Waals surface area contributed by atoms with Crippen molar-refractivity contribution in [3.05, 3.63) is 93.0 Å². The van der Waals surface area contributed by atoms with Crippen LogP contribution in [0, 0.1) is 5.82 Å². The van der Waals surface area contributed by atoms with Crippen molar-refractivity contribution in [2.75, 3.05) is 19.0 Å². The van der Waals surface area contributed by atoms with Crippen LogP contribution in [0.4, 0.5) is 10.1 Å². The maximum absolute atomic E-state index is 13.0. The van der Waals surface area contributed by atoms with Gasteiger partial charge in [-0.05, 0) is 60.2 Å². The number of carbonyl (C=O) groups excluding carboxylic acids is 1. The lowest BCUT2D eigenvalue weighted by atomic mass is 10.2. The van der Waals surface area contributed by atoms with E-state index in [1.165, 1.54) is 42.7 Å². The highest BCUT2D eigenvalue weighted by molar-refractivity contribution is 7.15. The van der Waals surface area contributed by atoms with Gasteiger partial charge < -0.3 is 14.8 Å². The quantitative estimate of drug-likeness (QED) is 0.406. The first-order chi connectivity index (χ1) is 16.5. The summed E-state index contributed by atoms with van der Waals surface area (Å²) >= 11 is 1.31. The Morgan fingerprint density at radius 2 is 1.91 bits per heavy atom. The molecule has 3 aromatic carbocycles. The molecule has 9 heteroatoms. The van der Waals surface area contributed by atoms with Crippen molar-refractivity contribution in [1.82, 2.24) is 9.38 Å². The van der Waals surface area contributed by atoms with E-state index in [0.29, 0.717) is 26.7 Å². The number of fused-ring (bicyclic) bond motifs is 3. The molecule has 2 aromatic heterocycles. The molecule has 0 atom stereocenters. The summed E-state index contributed by atoms with van der Waals surface area (Å²) < 4.78 is 26.2. The maximum atomic E-state index is 13.0. The summed E-state index contributed by atoms with van der Waals surface area (Å²) in [5.41, 5.74) is 2.63. The van der Waals surface area contributed by atoms with Gasteiger partial charge in [-0.25, -0.2) is 13.8 Å². The Hall–Kier alpha value is -4.24. The Kier molecular flexibility index (Phi) is 5.69. The Balaban J connectivity index is 1.36. The van der Waals surface area contributed by atoms with Crippen LogP contribution in [0.25, 0.3) is 22.1 Å². The van der Waals surface area contributed by atoms with Gasteiger partial charge >= 0.3 is 0 Å². The van der Waals surface area contributed by atoms with Crippen molar-refractivity contribution < 1.29 is 18.7 Å². The highest BCUT2D eigenvalue weighted by atomic mass is 32.1. The number of ether oxygens (including phenoxy) is 2. The molecule has 0 bridgehead atoms. The molecule has 5 aromatic rings. The number of anilines is 1. The molecule has 0 radical (unpaired) electrons. The molecule has 0 saturated carbocycles. The van der Waals surface area contributed by atoms with Crippen molar-refractivity contribution in [2.24, 2.45) is 0 Å². The first-order valence-corrected chi connectivity index (χ1v) is 11.1. The van der Waals surface area contributed by atoms with Crippen molar-refractivity contribution in [3.8, 4) is 11.5 Å². The minimum absolute atomic E-state index is 0.134. The number of rotatable bonds is 6. The summed E-state index contributed by atoms with van der Waals surface area (Å²) in [6, 6.07) is 18.1. The highest BCUT2D eigenvalue weighted by Gasteiger charge is 2.12. The predicted molar refractivity (Wildman–Crippen MR) is 129 cm³/mol. The summed E-state index contributed by atoms with van der Waals surface area (Å²) in [5.74, 6) is 0.0187. The van der Waals surface area contributed by atoms with Gasteiger partial charge in [0.2, 0.25) is 0 Å². The molecule has 34 heavy (non-hydrogen) atoms. The van der Waals surface area contributed by atoms with Gasteiger partial charge in [-0.1, -0.05) is 29.5 Å². The molecule has 1 N–H and O–H groups in total. The van der Waals surface area contributed by atoms with Gasteiger partial charge in [-0.15, -0.1) is 0 Å². The van der Waals surface area contributed by atoms with E-state index in [2.05, 4.69) is 10.3 Å². The van der Waals surface area contributed by atoms with Crippen molar-refractivity contribution in [1.29, 1.82) is 0 Å². The maximum Gasteiger partial charge on any atom is 0.274 e. The van der Waals surface area contributed by atoms with Crippen LogP contribution in [0.2, 0.25) is 0 Å². The number of halogens is 1. The van der Waals surface area contributed by atoms with Crippen LogP contribution in [0.1, 0.15) is 5.56 Å². The Labute approximate surface area is 196 Å². The lowest BCUT2D eigenvalue weighted by Crippen LogP contribution is -2.22. The number of nitrogens with zero attached hydrogens (tertiary/aromatic N) is 2. The summed E-state index contributed by atoms with van der Waals surface area (Å²) in [4.78, 5) is 30.3. The highest BCUT2D eigenvalue weighted by Crippen LogP contribution is 2.28. The number of benzene rings is 3. The summed E-state index contributed by atoms with van der Waals surface area (Å²) in [6.07, 6.45) is 1.77. The number of methoxy groups -OCH3 is 1. The molecule has 170 valence electrons. The Morgan fingerprint density at radius 3 is 2.71 bits per heavy atom. The molecule has 1 amide bonds. The molecule has 0 fully saturated rings. The van der Waals surface area contributed by atoms with E-state index < -0.39 is 5.91 Å². The van der Waals surface area contributed by atoms with Gasteiger partial charge in [0, 0.05) is 5.69 Å². The Bertz CT molecular complexity index is 1630. The fraction of sp³-hybridized carbons (Fsp3) is 0.0800. The van der Waals surface area contributed by atoms with Gasteiger partial charge in [-0.3, -0.25) is 9.59 Å². The monoisotopic (exact) mass is 475 g/mol. The Morgan fingerprint density at radius 1 is 1.12 bits per heavy atom. The molecule has 0 saturated heterocycles. The van der Waals surface area contributed by atoms with Crippen LogP contribution in [0.15, 0.2) is 71.5 Å². The number of para-hydroxylation sites is 2. The molecule has 0 aliphatic carbocycles. The normalized spacial score (nSPS) is 11.8. The second-order valence-electron chi connectivity index (χ2n) is 7.39. The molecule has 7 nitrogen and oxygen atoms in total. The molecule has 5 rings (SSSR count). The van der Waals surface area contributed by atoms with Crippen molar-refractivity contribution in [2.45, 2.75) is 0 Å². The smallest absolute Gasteiger partial charge is 0.274 e. The van der Waals surface area contributed by atoms with E-state index in [1.54, 1.807) is 28.7 Å². The van der Waals surface area contributed by atoms with Crippen LogP contribution in [-0.4, -0.2) is 29.0 Å². The van der Waals surface area contributed by atoms with E-state index in [1.807, 2.05) is 24.3 Å². The number of thiazole rings is 1. The molecular formula is C25H18FN3O4S. The topological polar surface area (TPSA) is 81.9 Å². The lowest BCUT2D eigenvalue weighted by Gasteiger charge is -2.11. The van der Waals surface area contributed by atoms with E-state index in [0.717, 1.165) is 16.6 Å². The largest absolute Gasteiger partial charge is 0.493 e. The van der Waals surface area contributed by atoms with Gasteiger partial charge in [0.1, 0.15) is 5.82 Å². The molecule has 2 heterocycles. The molecule has 0 aliphatic rings. The number of amides is 1. The van der Waals surface area contributed by atoms with Crippen LogP contribution < -0.4 is 24.9 Å². The van der Waals surface area contributed by atoms with Gasteiger partial charge in [0.15, 0.2) is 23.1 Å². The number of carbonyl (C=O) groups is 1. The summed E-state index contributed by atoms with van der Waals surface area (Å²) in [5, 5.41) is 2.63. The fourth-order valence-electron chi connectivity index (χ4n) is 3.53. The predicted octanol–water partition coefficient (Wildman–Crippen LogP) is 3.62. The molecule has 0 spiro atoms. The zero-order valence-electron chi connectivity index (χ0n) is 17.9. The van der Waals surface area contributed by atoms with Gasteiger partial charge in [0.05, 0.1) is 22.7 Å². The van der Waals surface area contributed by atoms with E-state index in [-0.39, 0.29) is 18.0 Å². The zero-order chi connectivity index (χ0) is 23.7. The standard InChI is InChI=1S/C25H18FN3O4S/c1-32-21-12-15(6-11-20(21)33-14-23(30)27-17-9-7-16(26)8-10-17)13-22-24(31)29-19-5-3-2-4-18(19)28-25(29)34-22/h2-13H,14H2,1H3,(H,27,30)/b22-13-. The number of nitrogens with one attached hydrogen (secondary N) is 1. The fourth-order valence-corrected chi connectivity index (χ4v) is 4.52. The molecule has 0 aliphatic heterocycles. The minimum Gasteiger partial charge on any atom is -0.493 e. The third-order valence-corrected chi connectivity index (χ3v) is 6.09. The lowest BCUT2D eigenvalue weighted by molar-refractivity contribution is -0.118. The number of hydrogen-bond acceptors (Lipinski definition) is 6. The third kappa shape index (κ3) is 4.20. The van der Waals surface area contributed by atoms with Crippen LogP contribution in [-0.2, 0) is 4.79 Å². The summed E-state index contributed by atoms with van der Waals surface area (Å²) in [6.45, 7) is -0.253. The van der Waals surface area contributed by atoms with Gasteiger partial charge in [-0.2, -0.15) is 0 Å². The first-order valence-electron chi connectivity index (χ1n) is 10.3. The van der Waals surface area contributed by atoms with Crippen molar-refractivity contribution in [3.63, 3.8) is 0 Å². The SMILES string of the molecule is COc1cc(/C=c2\sc3nc4ccccc4n3c2=O)ccc1OCC(=O)Nc1ccc(F)cc1. The van der Waals surface area contributed by atoms with Crippen LogP contribution >= 0.6 is 11.3 Å². The first kappa shape index (κ1) is 21.6. The zero-order valence-corrected chi connectivity index (χ0v) is 18.8. The average Bonchev–Trinajstić information content (AvgIpc) is 3.35. The number of hydrogen-bond donors (Lipinski definition) is 1. The van der Waals surface area contributed by atoms with Crippen LogP contribution in [0.3, 0.4) is 0 Å². The average molecular weight is 476 g/mol. The number of imidazole rings is 1. The second-order valence-corrected chi connectivity index (χ2v) is 8.40. The van der Waals surface area contributed by atoms with E-state index in [9.17, 15) is 14.0 Å². The molecule has 0 unspecified atom stereocenters. The summed E-state index contributed by atoms with van der Waals surface area (Å²) in [7, 11) is 1.49.